The number of amides is 1. The van der Waals surface area contributed by atoms with E-state index in [4.69, 9.17) is 0 Å². The van der Waals surface area contributed by atoms with Crippen molar-refractivity contribution in [2.75, 3.05) is 6.54 Å². The maximum atomic E-state index is 13.6. The number of H-pyrrole nitrogens is 1. The maximum absolute atomic E-state index is 13.6. The number of nitrogens with one attached hydrogen (secondary N) is 2. The Morgan fingerprint density at radius 1 is 1.16 bits per heavy atom. The molecule has 0 aliphatic heterocycles. The summed E-state index contributed by atoms with van der Waals surface area (Å²) in [7, 11) is 0. The van der Waals surface area contributed by atoms with Gasteiger partial charge in [-0.3, -0.25) is 4.79 Å². The molecular formula is C21H21FN2O. The largest absolute Gasteiger partial charge is 0.361 e. The number of aryl methyl sites for hydroxylation is 1. The fourth-order valence-electron chi connectivity index (χ4n) is 3.54. The van der Waals surface area contributed by atoms with Crippen LogP contribution >= 0.6 is 0 Å². The number of fused-ring (bicyclic) bond motifs is 1. The summed E-state index contributed by atoms with van der Waals surface area (Å²) >= 11 is 0. The molecule has 1 aliphatic carbocycles. The molecule has 1 amide bonds. The third kappa shape index (κ3) is 3.04. The molecule has 4 heteroatoms. The van der Waals surface area contributed by atoms with Crippen LogP contribution in [0.1, 0.15) is 30.4 Å². The highest BCUT2D eigenvalue weighted by Crippen LogP contribution is 2.50. The van der Waals surface area contributed by atoms with E-state index in [2.05, 4.69) is 22.4 Å². The number of aromatic amines is 1. The molecule has 3 aromatic rings. The van der Waals surface area contributed by atoms with Crippen molar-refractivity contribution in [2.24, 2.45) is 0 Å². The minimum absolute atomic E-state index is 0.0609. The molecule has 1 aromatic heterocycles. The van der Waals surface area contributed by atoms with Crippen LogP contribution in [0, 0.1) is 5.82 Å². The van der Waals surface area contributed by atoms with E-state index in [9.17, 15) is 9.18 Å². The Labute approximate surface area is 146 Å². The van der Waals surface area contributed by atoms with E-state index in [1.54, 1.807) is 6.07 Å². The van der Waals surface area contributed by atoms with E-state index < -0.39 is 5.41 Å². The first-order valence-electron chi connectivity index (χ1n) is 8.78. The van der Waals surface area contributed by atoms with Gasteiger partial charge in [0.1, 0.15) is 5.82 Å². The van der Waals surface area contributed by atoms with Crippen molar-refractivity contribution < 1.29 is 9.18 Å². The average Bonchev–Trinajstić information content (AvgIpc) is 3.33. The van der Waals surface area contributed by atoms with Crippen molar-refractivity contribution in [1.82, 2.24) is 10.3 Å². The molecule has 2 N–H and O–H groups in total. The second-order valence-corrected chi connectivity index (χ2v) is 6.82. The van der Waals surface area contributed by atoms with E-state index in [1.807, 2.05) is 24.4 Å². The summed E-state index contributed by atoms with van der Waals surface area (Å²) in [5, 5.41) is 3.89. The normalized spacial score (nSPS) is 15.2. The predicted octanol–water partition coefficient (Wildman–Crippen LogP) is 4.09. The van der Waals surface area contributed by atoms with Gasteiger partial charge in [-0.25, -0.2) is 4.39 Å². The fourth-order valence-corrected chi connectivity index (χ4v) is 3.54. The zero-order chi connectivity index (χ0) is 17.3. The van der Waals surface area contributed by atoms with E-state index in [0.717, 1.165) is 42.1 Å². The number of carbonyl (C=O) groups is 1. The van der Waals surface area contributed by atoms with Crippen molar-refractivity contribution in [3.05, 3.63) is 71.7 Å². The van der Waals surface area contributed by atoms with Gasteiger partial charge in [0.25, 0.3) is 0 Å². The van der Waals surface area contributed by atoms with Crippen LogP contribution in [-0.4, -0.2) is 17.4 Å². The SMILES string of the molecule is O=C(NCCCc1ccccc1)C1(c2c[nH]c3ccc(F)cc23)CC1. The summed E-state index contributed by atoms with van der Waals surface area (Å²) in [5.41, 5.74) is 2.59. The second kappa shape index (κ2) is 6.36. The average molecular weight is 336 g/mol. The van der Waals surface area contributed by atoms with Crippen LogP contribution in [0.4, 0.5) is 4.39 Å². The molecule has 0 saturated heterocycles. The molecule has 1 aliphatic rings. The first kappa shape index (κ1) is 15.9. The molecule has 0 bridgehead atoms. The number of rotatable bonds is 6. The van der Waals surface area contributed by atoms with Gasteiger partial charge in [-0.15, -0.1) is 0 Å². The lowest BCUT2D eigenvalue weighted by Crippen LogP contribution is -2.35. The van der Waals surface area contributed by atoms with E-state index >= 15 is 0 Å². The van der Waals surface area contributed by atoms with Gasteiger partial charge in [0.15, 0.2) is 0 Å². The lowest BCUT2D eigenvalue weighted by molar-refractivity contribution is -0.123. The molecule has 0 spiro atoms. The van der Waals surface area contributed by atoms with Gasteiger partial charge in [0.05, 0.1) is 5.41 Å². The lowest BCUT2D eigenvalue weighted by Gasteiger charge is -2.15. The molecule has 0 unspecified atom stereocenters. The van der Waals surface area contributed by atoms with Crippen LogP contribution in [0.3, 0.4) is 0 Å². The summed E-state index contributed by atoms with van der Waals surface area (Å²) < 4.78 is 13.6. The molecule has 1 heterocycles. The van der Waals surface area contributed by atoms with Crippen LogP contribution in [0.25, 0.3) is 10.9 Å². The monoisotopic (exact) mass is 336 g/mol. The third-order valence-corrected chi connectivity index (χ3v) is 5.11. The number of benzene rings is 2. The van der Waals surface area contributed by atoms with E-state index in [1.165, 1.54) is 17.7 Å². The fraction of sp³-hybridized carbons (Fsp3) is 0.286. The highest BCUT2D eigenvalue weighted by atomic mass is 19.1. The Morgan fingerprint density at radius 2 is 1.96 bits per heavy atom. The van der Waals surface area contributed by atoms with Crippen molar-refractivity contribution in [2.45, 2.75) is 31.1 Å². The van der Waals surface area contributed by atoms with Gasteiger partial charge < -0.3 is 10.3 Å². The van der Waals surface area contributed by atoms with Crippen LogP contribution < -0.4 is 5.32 Å². The van der Waals surface area contributed by atoms with Crippen molar-refractivity contribution >= 4 is 16.8 Å². The topological polar surface area (TPSA) is 44.9 Å². The van der Waals surface area contributed by atoms with Gasteiger partial charge in [-0.1, -0.05) is 30.3 Å². The van der Waals surface area contributed by atoms with Gasteiger partial charge in [-0.05, 0) is 55.0 Å². The van der Waals surface area contributed by atoms with E-state index in [0.29, 0.717) is 6.54 Å². The minimum atomic E-state index is -0.487. The Bertz CT molecular complexity index is 897. The smallest absolute Gasteiger partial charge is 0.230 e. The molecule has 128 valence electrons. The predicted molar refractivity (Wildman–Crippen MR) is 96.9 cm³/mol. The Balaban J connectivity index is 1.42. The summed E-state index contributed by atoms with van der Waals surface area (Å²) in [6.07, 6.45) is 5.36. The first-order valence-corrected chi connectivity index (χ1v) is 8.78. The van der Waals surface area contributed by atoms with Crippen molar-refractivity contribution in [1.29, 1.82) is 0 Å². The van der Waals surface area contributed by atoms with Gasteiger partial charge in [-0.2, -0.15) is 0 Å². The molecule has 4 rings (SSSR count). The van der Waals surface area contributed by atoms with Crippen molar-refractivity contribution in [3.63, 3.8) is 0 Å². The number of halogens is 1. The van der Waals surface area contributed by atoms with Crippen LogP contribution in [0.5, 0.6) is 0 Å². The van der Waals surface area contributed by atoms with Gasteiger partial charge in [0.2, 0.25) is 5.91 Å². The number of aromatic nitrogens is 1. The summed E-state index contributed by atoms with van der Waals surface area (Å²) in [5.74, 6) is -0.210. The van der Waals surface area contributed by atoms with E-state index in [-0.39, 0.29) is 11.7 Å². The molecule has 1 fully saturated rings. The summed E-state index contributed by atoms with van der Waals surface area (Å²) in [6.45, 7) is 0.659. The van der Waals surface area contributed by atoms with Crippen LogP contribution in [-0.2, 0) is 16.6 Å². The van der Waals surface area contributed by atoms with Gasteiger partial charge >= 0.3 is 0 Å². The first-order chi connectivity index (χ1) is 12.2. The van der Waals surface area contributed by atoms with Crippen molar-refractivity contribution in [3.8, 4) is 0 Å². The minimum Gasteiger partial charge on any atom is -0.361 e. The zero-order valence-corrected chi connectivity index (χ0v) is 14.0. The zero-order valence-electron chi connectivity index (χ0n) is 14.0. The molecule has 0 atom stereocenters. The third-order valence-electron chi connectivity index (χ3n) is 5.11. The number of hydrogen-bond acceptors (Lipinski definition) is 1. The highest BCUT2D eigenvalue weighted by molar-refractivity contribution is 5.97. The Kier molecular flexibility index (Phi) is 4.04. The maximum Gasteiger partial charge on any atom is 0.230 e. The molecule has 1 saturated carbocycles. The molecule has 0 radical (unpaired) electrons. The Morgan fingerprint density at radius 3 is 2.72 bits per heavy atom. The Hall–Kier alpha value is -2.62. The van der Waals surface area contributed by atoms with Gasteiger partial charge in [0, 0.05) is 23.6 Å². The number of hydrogen-bond donors (Lipinski definition) is 2. The summed E-state index contributed by atoms with van der Waals surface area (Å²) in [6, 6.07) is 15.0. The quantitative estimate of drug-likeness (QED) is 0.654. The van der Waals surface area contributed by atoms with Crippen LogP contribution in [0.2, 0.25) is 0 Å². The standard InChI is InChI=1S/C21H21FN2O/c22-16-8-9-19-17(13-16)18(14-24-19)21(10-11-21)20(25)23-12-4-7-15-5-2-1-3-6-15/h1-3,5-6,8-9,13-14,24H,4,7,10-12H2,(H,23,25). The molecule has 2 aromatic carbocycles. The highest BCUT2D eigenvalue weighted by Gasteiger charge is 2.52. The van der Waals surface area contributed by atoms with Crippen LogP contribution in [0.15, 0.2) is 54.7 Å². The number of carbonyl (C=O) groups excluding carboxylic acids is 1. The molecule has 25 heavy (non-hydrogen) atoms. The second-order valence-electron chi connectivity index (χ2n) is 6.82. The molecule has 3 nitrogen and oxygen atoms in total. The molecular weight excluding hydrogens is 315 g/mol. The lowest BCUT2D eigenvalue weighted by atomic mass is 9.94. The summed E-state index contributed by atoms with van der Waals surface area (Å²) in [4.78, 5) is 15.9.